The van der Waals surface area contributed by atoms with E-state index >= 15 is 0 Å². The zero-order valence-electron chi connectivity index (χ0n) is 11.4. The molecule has 0 saturated carbocycles. The molecule has 0 aliphatic rings. The quantitative estimate of drug-likeness (QED) is 0.845. The van der Waals surface area contributed by atoms with E-state index in [0.29, 0.717) is 23.7 Å². The van der Waals surface area contributed by atoms with Crippen molar-refractivity contribution in [3.63, 3.8) is 0 Å². The monoisotopic (exact) mass is 295 g/mol. The fraction of sp³-hybridized carbons (Fsp3) is 0.308. The summed E-state index contributed by atoms with van der Waals surface area (Å²) in [5.41, 5.74) is 7.53. The summed E-state index contributed by atoms with van der Waals surface area (Å²) in [5.74, 6) is 0.423. The summed E-state index contributed by atoms with van der Waals surface area (Å²) in [4.78, 5) is 0. The second-order valence-corrected chi connectivity index (χ2v) is 6.76. The van der Waals surface area contributed by atoms with Gasteiger partial charge in [0.2, 0.25) is 10.0 Å². The summed E-state index contributed by atoms with van der Waals surface area (Å²) in [7, 11) is -1.89. The number of rotatable bonds is 5. The van der Waals surface area contributed by atoms with E-state index < -0.39 is 10.0 Å². The first kappa shape index (κ1) is 14.5. The molecule has 0 aliphatic carbocycles. The van der Waals surface area contributed by atoms with Crippen molar-refractivity contribution in [1.82, 2.24) is 9.46 Å². The van der Waals surface area contributed by atoms with Gasteiger partial charge in [-0.25, -0.2) is 12.7 Å². The number of nitrogens with zero attached hydrogens (tertiary/aromatic N) is 2. The van der Waals surface area contributed by atoms with Gasteiger partial charge in [-0.2, -0.15) is 0 Å². The molecule has 0 fully saturated rings. The molecule has 0 unspecified atom stereocenters. The lowest BCUT2D eigenvalue weighted by atomic mass is 10.2. The van der Waals surface area contributed by atoms with Gasteiger partial charge in [-0.3, -0.25) is 0 Å². The summed E-state index contributed by atoms with van der Waals surface area (Å²) in [5, 5.41) is 3.70. The molecular formula is C13H17N3O3S. The Morgan fingerprint density at radius 2 is 1.95 bits per heavy atom. The number of hydrogen-bond acceptors (Lipinski definition) is 5. The van der Waals surface area contributed by atoms with Crippen LogP contribution in [0.1, 0.15) is 17.0 Å². The van der Waals surface area contributed by atoms with Gasteiger partial charge >= 0.3 is 0 Å². The van der Waals surface area contributed by atoms with Gasteiger partial charge in [-0.15, -0.1) is 0 Å². The number of aryl methyl sites for hydroxylation is 1. The predicted octanol–water partition coefficient (Wildman–Crippen LogP) is 1.53. The fourth-order valence-electron chi connectivity index (χ4n) is 1.76. The van der Waals surface area contributed by atoms with Crippen molar-refractivity contribution >= 4 is 15.7 Å². The first-order valence-electron chi connectivity index (χ1n) is 6.07. The molecule has 0 saturated heterocycles. The maximum atomic E-state index is 12.2. The molecule has 1 aromatic carbocycles. The van der Waals surface area contributed by atoms with Gasteiger partial charge in [-0.05, 0) is 24.6 Å². The number of nitrogens with two attached hydrogens (primary N) is 1. The van der Waals surface area contributed by atoms with Crippen molar-refractivity contribution in [2.45, 2.75) is 19.2 Å². The summed E-state index contributed by atoms with van der Waals surface area (Å²) >= 11 is 0. The number of sulfonamides is 1. The standard InChI is InChI=1S/C13H17N3O3S/c1-10-7-13(15-19-10)9-20(17,18)16(2)8-11-3-5-12(14)6-4-11/h3-7H,8-9,14H2,1-2H3. The minimum absolute atomic E-state index is 0.171. The highest BCUT2D eigenvalue weighted by Crippen LogP contribution is 2.14. The molecule has 0 bridgehead atoms. The van der Waals surface area contributed by atoms with Gasteiger partial charge in [0.05, 0.1) is 0 Å². The van der Waals surface area contributed by atoms with Crippen LogP contribution in [0.2, 0.25) is 0 Å². The summed E-state index contributed by atoms with van der Waals surface area (Å²) in [6.07, 6.45) is 0. The van der Waals surface area contributed by atoms with Crippen molar-refractivity contribution in [2.24, 2.45) is 0 Å². The first-order chi connectivity index (χ1) is 9.37. The molecule has 1 heterocycles. The van der Waals surface area contributed by atoms with Crippen molar-refractivity contribution < 1.29 is 12.9 Å². The molecule has 7 heteroatoms. The van der Waals surface area contributed by atoms with Crippen LogP contribution in [-0.4, -0.2) is 24.9 Å². The molecule has 0 aliphatic heterocycles. The summed E-state index contributed by atoms with van der Waals surface area (Å²) in [6.45, 7) is 2.01. The molecule has 6 nitrogen and oxygen atoms in total. The van der Waals surface area contributed by atoms with Gasteiger partial charge < -0.3 is 10.3 Å². The minimum Gasteiger partial charge on any atom is -0.399 e. The number of hydrogen-bond donors (Lipinski definition) is 1. The number of benzene rings is 1. The third-order valence-electron chi connectivity index (χ3n) is 2.87. The van der Waals surface area contributed by atoms with Crippen LogP contribution in [0.25, 0.3) is 0 Å². The first-order valence-corrected chi connectivity index (χ1v) is 7.68. The van der Waals surface area contributed by atoms with E-state index in [2.05, 4.69) is 5.16 Å². The van der Waals surface area contributed by atoms with Crippen molar-refractivity contribution in [3.8, 4) is 0 Å². The van der Waals surface area contributed by atoms with Crippen LogP contribution in [0.3, 0.4) is 0 Å². The number of anilines is 1. The van der Waals surface area contributed by atoms with Crippen LogP contribution >= 0.6 is 0 Å². The molecule has 20 heavy (non-hydrogen) atoms. The maximum Gasteiger partial charge on any atom is 0.220 e. The molecule has 1 aromatic heterocycles. The second-order valence-electron chi connectivity index (χ2n) is 4.68. The van der Waals surface area contributed by atoms with Gasteiger partial charge in [0.25, 0.3) is 0 Å². The Morgan fingerprint density at radius 1 is 1.30 bits per heavy atom. The van der Waals surface area contributed by atoms with E-state index in [0.717, 1.165) is 5.56 Å². The van der Waals surface area contributed by atoms with Gasteiger partial charge in [0.15, 0.2) is 0 Å². The Bertz CT molecular complexity index is 677. The lowest BCUT2D eigenvalue weighted by molar-refractivity contribution is 0.391. The molecule has 2 N–H and O–H groups in total. The fourth-order valence-corrected chi connectivity index (χ4v) is 2.84. The lowest BCUT2D eigenvalue weighted by Crippen LogP contribution is -2.27. The third-order valence-corrected chi connectivity index (χ3v) is 4.61. The van der Waals surface area contributed by atoms with Crippen LogP contribution in [0.5, 0.6) is 0 Å². The molecule has 0 amide bonds. The molecular weight excluding hydrogens is 278 g/mol. The second kappa shape index (κ2) is 5.64. The normalized spacial score (nSPS) is 11.9. The van der Waals surface area contributed by atoms with Gasteiger partial charge in [-0.1, -0.05) is 17.3 Å². The van der Waals surface area contributed by atoms with E-state index in [1.54, 1.807) is 32.2 Å². The summed E-state index contributed by atoms with van der Waals surface area (Å²) < 4.78 is 30.6. The molecule has 0 atom stereocenters. The van der Waals surface area contributed by atoms with Crippen LogP contribution in [-0.2, 0) is 22.3 Å². The Kier molecular flexibility index (Phi) is 4.10. The van der Waals surface area contributed by atoms with Crippen molar-refractivity contribution in [2.75, 3.05) is 12.8 Å². The zero-order chi connectivity index (χ0) is 14.8. The molecule has 0 radical (unpaired) electrons. The van der Waals surface area contributed by atoms with Gasteiger partial charge in [0.1, 0.15) is 17.2 Å². The molecule has 2 aromatic rings. The van der Waals surface area contributed by atoms with Crippen LogP contribution in [0.4, 0.5) is 5.69 Å². The van der Waals surface area contributed by atoms with Crippen molar-refractivity contribution in [1.29, 1.82) is 0 Å². The predicted molar refractivity (Wildman–Crippen MR) is 76.2 cm³/mol. The maximum absolute atomic E-state index is 12.2. The van der Waals surface area contributed by atoms with E-state index in [-0.39, 0.29) is 5.75 Å². The third kappa shape index (κ3) is 3.58. The Balaban J connectivity index is 2.07. The molecule has 0 spiro atoms. The largest absolute Gasteiger partial charge is 0.399 e. The van der Waals surface area contributed by atoms with Crippen LogP contribution < -0.4 is 5.73 Å². The molecule has 2 rings (SSSR count). The highest BCUT2D eigenvalue weighted by atomic mass is 32.2. The average Bonchev–Trinajstić information content (AvgIpc) is 2.77. The highest BCUT2D eigenvalue weighted by molar-refractivity contribution is 7.88. The molecule has 108 valence electrons. The topological polar surface area (TPSA) is 89.4 Å². The smallest absolute Gasteiger partial charge is 0.220 e. The van der Waals surface area contributed by atoms with E-state index in [9.17, 15) is 8.42 Å². The van der Waals surface area contributed by atoms with Gasteiger partial charge in [0, 0.05) is 25.3 Å². The summed E-state index contributed by atoms with van der Waals surface area (Å²) in [6, 6.07) is 8.73. The number of aromatic nitrogens is 1. The number of nitrogen functional groups attached to an aromatic ring is 1. The highest BCUT2D eigenvalue weighted by Gasteiger charge is 2.20. The zero-order valence-corrected chi connectivity index (χ0v) is 12.2. The average molecular weight is 295 g/mol. The lowest BCUT2D eigenvalue weighted by Gasteiger charge is -2.16. The van der Waals surface area contributed by atoms with Crippen molar-refractivity contribution in [3.05, 3.63) is 47.3 Å². The van der Waals surface area contributed by atoms with E-state index in [4.69, 9.17) is 10.3 Å². The Morgan fingerprint density at radius 3 is 2.50 bits per heavy atom. The minimum atomic E-state index is -3.43. The SMILES string of the molecule is Cc1cc(CS(=O)(=O)N(C)Cc2ccc(N)cc2)no1. The van der Waals surface area contributed by atoms with Crippen LogP contribution in [0, 0.1) is 6.92 Å². The Labute approximate surface area is 118 Å². The van der Waals surface area contributed by atoms with E-state index in [1.165, 1.54) is 4.31 Å². The van der Waals surface area contributed by atoms with E-state index in [1.807, 2.05) is 12.1 Å². The van der Waals surface area contributed by atoms with Crippen LogP contribution in [0.15, 0.2) is 34.9 Å². The Hall–Kier alpha value is -1.86.